The van der Waals surface area contributed by atoms with E-state index in [1.807, 2.05) is 10.6 Å². The van der Waals surface area contributed by atoms with Crippen LogP contribution in [0.5, 0.6) is 0 Å². The first-order chi connectivity index (χ1) is 15.0. The van der Waals surface area contributed by atoms with Crippen LogP contribution >= 0.6 is 23.1 Å². The predicted molar refractivity (Wildman–Crippen MR) is 120 cm³/mol. The van der Waals surface area contributed by atoms with Crippen LogP contribution in [0.25, 0.3) is 10.2 Å². The van der Waals surface area contributed by atoms with Gasteiger partial charge in [-0.05, 0) is 54.6 Å². The van der Waals surface area contributed by atoms with Gasteiger partial charge in [0.05, 0.1) is 29.5 Å². The topological polar surface area (TPSA) is 69.9 Å². The molecule has 0 aliphatic rings. The van der Waals surface area contributed by atoms with Gasteiger partial charge in [0.15, 0.2) is 4.80 Å². The zero-order valence-electron chi connectivity index (χ0n) is 17.3. The molecule has 0 spiro atoms. The number of carbonyl (C=O) groups excluding carboxylic acids is 2. The van der Waals surface area contributed by atoms with Crippen LogP contribution in [-0.2, 0) is 20.8 Å². The van der Waals surface area contributed by atoms with Crippen molar-refractivity contribution in [3.8, 4) is 0 Å². The Balaban J connectivity index is 1.72. The first kappa shape index (κ1) is 23.2. The molecule has 0 unspecified atom stereocenters. The number of methoxy groups -OCH3 is 2. The van der Waals surface area contributed by atoms with E-state index < -0.39 is 5.97 Å². The largest absolute Gasteiger partial charge is 0.465 e. The molecule has 1 amide bonds. The fourth-order valence-corrected chi connectivity index (χ4v) is 4.87. The Morgan fingerprint density at radius 2 is 1.94 bits per heavy atom. The van der Waals surface area contributed by atoms with Crippen LogP contribution in [0.2, 0.25) is 0 Å². The highest BCUT2D eigenvalue weighted by atomic mass is 32.2. The van der Waals surface area contributed by atoms with E-state index in [2.05, 4.69) is 4.99 Å². The summed E-state index contributed by atoms with van der Waals surface area (Å²) in [7, 11) is 2.96. The molecule has 0 aliphatic heterocycles. The number of rotatable bonds is 9. The summed E-state index contributed by atoms with van der Waals surface area (Å²) in [5.41, 5.74) is 1.33. The standard InChI is InChI=1S/C22H23FN2O4S2/c1-28-12-11-25-18-10-5-15(21(27)29-2)14-19(18)31-22(25)24-20(26)4-3-13-30-17-8-6-16(23)7-9-17/h5-10,14H,3-4,11-13H2,1-2H3. The molecule has 3 aromatic rings. The molecule has 3 rings (SSSR count). The van der Waals surface area contributed by atoms with Crippen LogP contribution in [0.3, 0.4) is 0 Å². The molecular weight excluding hydrogens is 439 g/mol. The number of amides is 1. The third kappa shape index (κ3) is 6.25. The van der Waals surface area contributed by atoms with Gasteiger partial charge >= 0.3 is 5.97 Å². The molecule has 0 aliphatic carbocycles. The molecule has 164 valence electrons. The number of halogens is 1. The summed E-state index contributed by atoms with van der Waals surface area (Å²) in [5, 5.41) is 0. The summed E-state index contributed by atoms with van der Waals surface area (Å²) in [6.45, 7) is 1.01. The number of fused-ring (bicyclic) bond motifs is 1. The van der Waals surface area contributed by atoms with E-state index in [1.165, 1.54) is 30.6 Å². The van der Waals surface area contributed by atoms with Crippen molar-refractivity contribution in [2.45, 2.75) is 24.3 Å². The van der Waals surface area contributed by atoms with Crippen molar-refractivity contribution in [2.24, 2.45) is 4.99 Å². The predicted octanol–water partition coefficient (Wildman–Crippen LogP) is 4.27. The molecule has 6 nitrogen and oxygen atoms in total. The van der Waals surface area contributed by atoms with Crippen molar-refractivity contribution < 1.29 is 23.5 Å². The van der Waals surface area contributed by atoms with Crippen molar-refractivity contribution in [1.82, 2.24) is 4.57 Å². The average molecular weight is 463 g/mol. The van der Waals surface area contributed by atoms with E-state index in [1.54, 1.807) is 43.1 Å². The lowest BCUT2D eigenvalue weighted by atomic mass is 10.2. The van der Waals surface area contributed by atoms with Crippen LogP contribution in [0.1, 0.15) is 23.2 Å². The van der Waals surface area contributed by atoms with Crippen LogP contribution in [0.15, 0.2) is 52.4 Å². The second-order valence-corrected chi connectivity index (χ2v) is 8.79. The number of thioether (sulfide) groups is 1. The minimum absolute atomic E-state index is 0.203. The summed E-state index contributed by atoms with van der Waals surface area (Å²) in [6.07, 6.45) is 0.986. The van der Waals surface area contributed by atoms with Gasteiger partial charge < -0.3 is 14.0 Å². The fraction of sp³-hybridized carbons (Fsp3) is 0.318. The number of benzene rings is 2. The minimum Gasteiger partial charge on any atom is -0.465 e. The maximum atomic E-state index is 13.0. The number of hydrogen-bond acceptors (Lipinski definition) is 6. The van der Waals surface area contributed by atoms with Crippen LogP contribution in [-0.4, -0.2) is 43.0 Å². The molecule has 0 N–H and O–H groups in total. The van der Waals surface area contributed by atoms with E-state index in [0.717, 1.165) is 20.9 Å². The molecule has 0 bridgehead atoms. The molecule has 0 radical (unpaired) electrons. The summed E-state index contributed by atoms with van der Waals surface area (Å²) in [4.78, 5) is 30.1. The van der Waals surface area contributed by atoms with Gasteiger partial charge in [-0.15, -0.1) is 11.8 Å². The highest BCUT2D eigenvalue weighted by molar-refractivity contribution is 7.99. The van der Waals surface area contributed by atoms with Crippen LogP contribution in [0, 0.1) is 5.82 Å². The van der Waals surface area contributed by atoms with Crippen molar-refractivity contribution in [3.05, 3.63) is 58.6 Å². The Hall–Kier alpha value is -2.49. The van der Waals surface area contributed by atoms with Crippen molar-refractivity contribution in [3.63, 3.8) is 0 Å². The molecule has 1 heterocycles. The Morgan fingerprint density at radius 1 is 1.16 bits per heavy atom. The Kier molecular flexibility index (Phi) is 8.39. The second kappa shape index (κ2) is 11.2. The van der Waals surface area contributed by atoms with Gasteiger partial charge in [-0.2, -0.15) is 4.99 Å². The maximum absolute atomic E-state index is 13.0. The van der Waals surface area contributed by atoms with Gasteiger partial charge in [0.1, 0.15) is 5.82 Å². The van der Waals surface area contributed by atoms with E-state index in [-0.39, 0.29) is 11.7 Å². The van der Waals surface area contributed by atoms with E-state index in [0.29, 0.717) is 36.4 Å². The molecule has 9 heteroatoms. The second-order valence-electron chi connectivity index (χ2n) is 6.61. The molecule has 0 atom stereocenters. The number of thiazole rings is 1. The fourth-order valence-electron chi connectivity index (χ4n) is 2.91. The maximum Gasteiger partial charge on any atom is 0.337 e. The number of hydrogen-bond donors (Lipinski definition) is 0. The smallest absolute Gasteiger partial charge is 0.337 e. The number of ether oxygens (including phenoxy) is 2. The summed E-state index contributed by atoms with van der Waals surface area (Å²) in [5.74, 6) is -0.134. The van der Waals surface area contributed by atoms with Gasteiger partial charge in [0.2, 0.25) is 5.91 Å². The molecule has 0 fully saturated rings. The SMILES string of the molecule is COCCn1c(=NC(=O)CCCSc2ccc(F)cc2)sc2cc(C(=O)OC)ccc21. The first-order valence-corrected chi connectivity index (χ1v) is 11.5. The lowest BCUT2D eigenvalue weighted by molar-refractivity contribution is -0.118. The number of carbonyl (C=O) groups is 2. The Labute approximate surface area is 187 Å². The summed E-state index contributed by atoms with van der Waals surface area (Å²) in [6, 6.07) is 11.6. The Bertz CT molecular complexity index is 1120. The summed E-state index contributed by atoms with van der Waals surface area (Å²) >= 11 is 2.93. The third-order valence-electron chi connectivity index (χ3n) is 4.46. The average Bonchev–Trinajstić information content (AvgIpc) is 3.11. The van der Waals surface area contributed by atoms with Gasteiger partial charge in [-0.3, -0.25) is 4.79 Å². The molecular formula is C22H23FN2O4S2. The van der Waals surface area contributed by atoms with Gasteiger partial charge in [0, 0.05) is 25.0 Å². The number of aromatic nitrogens is 1. The molecule has 31 heavy (non-hydrogen) atoms. The third-order valence-corrected chi connectivity index (χ3v) is 6.60. The van der Waals surface area contributed by atoms with E-state index in [4.69, 9.17) is 9.47 Å². The van der Waals surface area contributed by atoms with Gasteiger partial charge in [-0.25, -0.2) is 9.18 Å². The monoisotopic (exact) mass is 462 g/mol. The zero-order chi connectivity index (χ0) is 22.2. The molecule has 1 aromatic heterocycles. The lowest BCUT2D eigenvalue weighted by Crippen LogP contribution is -2.19. The van der Waals surface area contributed by atoms with E-state index >= 15 is 0 Å². The van der Waals surface area contributed by atoms with Crippen LogP contribution < -0.4 is 4.80 Å². The van der Waals surface area contributed by atoms with E-state index in [9.17, 15) is 14.0 Å². The quantitative estimate of drug-likeness (QED) is 0.270. The summed E-state index contributed by atoms with van der Waals surface area (Å²) < 4.78 is 25.7. The number of esters is 1. The highest BCUT2D eigenvalue weighted by Gasteiger charge is 2.12. The zero-order valence-corrected chi connectivity index (χ0v) is 18.9. The molecule has 2 aromatic carbocycles. The molecule has 0 saturated carbocycles. The van der Waals surface area contributed by atoms with Crippen LogP contribution in [0.4, 0.5) is 4.39 Å². The highest BCUT2D eigenvalue weighted by Crippen LogP contribution is 2.21. The molecule has 0 saturated heterocycles. The van der Waals surface area contributed by atoms with Crippen molar-refractivity contribution in [1.29, 1.82) is 0 Å². The van der Waals surface area contributed by atoms with Gasteiger partial charge in [0.25, 0.3) is 0 Å². The minimum atomic E-state index is -0.410. The normalized spacial score (nSPS) is 11.8. The van der Waals surface area contributed by atoms with Gasteiger partial charge in [-0.1, -0.05) is 11.3 Å². The van der Waals surface area contributed by atoms with Crippen molar-refractivity contribution in [2.75, 3.05) is 26.6 Å². The first-order valence-electron chi connectivity index (χ1n) is 9.68. The number of nitrogens with zero attached hydrogens (tertiary/aromatic N) is 2. The lowest BCUT2D eigenvalue weighted by Gasteiger charge is -2.05. The van der Waals surface area contributed by atoms with Crippen molar-refractivity contribution >= 4 is 45.2 Å². The Morgan fingerprint density at radius 3 is 2.65 bits per heavy atom.